The van der Waals surface area contributed by atoms with Crippen LogP contribution in [0.25, 0.3) is 0 Å². The summed E-state index contributed by atoms with van der Waals surface area (Å²) in [5, 5.41) is 10.1. The number of carbonyl (C=O) groups is 1. The van der Waals surface area contributed by atoms with Crippen molar-refractivity contribution >= 4 is 23.2 Å². The van der Waals surface area contributed by atoms with E-state index in [0.29, 0.717) is 12.1 Å². The van der Waals surface area contributed by atoms with E-state index in [1.165, 1.54) is 7.05 Å². The molecule has 0 aromatic heterocycles. The van der Waals surface area contributed by atoms with Gasteiger partial charge in [0.15, 0.2) is 0 Å². The fourth-order valence-corrected chi connectivity index (χ4v) is 1.74. The molecule has 0 saturated heterocycles. The third-order valence-corrected chi connectivity index (χ3v) is 2.49. The Hall–Kier alpha value is -1.76. The van der Waals surface area contributed by atoms with Crippen LogP contribution >= 0.6 is 11.6 Å². The van der Waals surface area contributed by atoms with Crippen LogP contribution in [0, 0.1) is 21.7 Å². The first kappa shape index (κ1) is 15.3. The van der Waals surface area contributed by atoms with Gasteiger partial charge in [-0.05, 0) is 13.0 Å². The SMILES string of the molecule is CC(Cl)CN(C)C(=O)c1c(F)ccc([N+](=O)[O-])c1F. The highest BCUT2D eigenvalue weighted by Crippen LogP contribution is 2.24. The number of rotatable bonds is 4. The molecule has 1 rings (SSSR count). The predicted molar refractivity (Wildman–Crippen MR) is 65.3 cm³/mol. The largest absolute Gasteiger partial charge is 0.340 e. The highest BCUT2D eigenvalue weighted by atomic mass is 35.5. The number of hydrogen-bond donors (Lipinski definition) is 0. The fourth-order valence-electron chi connectivity index (χ4n) is 1.53. The molecule has 1 aromatic rings. The molecule has 0 radical (unpaired) electrons. The highest BCUT2D eigenvalue weighted by Gasteiger charge is 2.28. The minimum Gasteiger partial charge on any atom is -0.340 e. The molecule has 1 amide bonds. The lowest BCUT2D eigenvalue weighted by Crippen LogP contribution is -2.32. The number of benzene rings is 1. The van der Waals surface area contributed by atoms with Gasteiger partial charge in [0.05, 0.1) is 4.92 Å². The lowest BCUT2D eigenvalue weighted by atomic mass is 10.1. The number of carbonyl (C=O) groups excluding carboxylic acids is 1. The van der Waals surface area contributed by atoms with Gasteiger partial charge in [0.2, 0.25) is 5.82 Å². The molecular formula is C11H11ClF2N2O3. The van der Waals surface area contributed by atoms with Crippen molar-refractivity contribution in [1.29, 1.82) is 0 Å². The lowest BCUT2D eigenvalue weighted by Gasteiger charge is -2.18. The van der Waals surface area contributed by atoms with E-state index in [2.05, 4.69) is 0 Å². The molecule has 0 bridgehead atoms. The minimum absolute atomic E-state index is 0.0575. The van der Waals surface area contributed by atoms with Crippen LogP contribution in [0.4, 0.5) is 14.5 Å². The number of alkyl halides is 1. The number of nitrogens with zero attached hydrogens (tertiary/aromatic N) is 2. The monoisotopic (exact) mass is 292 g/mol. The molecule has 0 aliphatic heterocycles. The molecule has 1 unspecified atom stereocenters. The third-order valence-electron chi connectivity index (χ3n) is 2.35. The Balaban J connectivity index is 3.22. The summed E-state index contributed by atoms with van der Waals surface area (Å²) in [6, 6.07) is 1.36. The van der Waals surface area contributed by atoms with E-state index in [0.717, 1.165) is 4.90 Å². The Morgan fingerprint density at radius 3 is 2.58 bits per heavy atom. The van der Waals surface area contributed by atoms with Gasteiger partial charge >= 0.3 is 5.69 Å². The van der Waals surface area contributed by atoms with Crippen LogP contribution in [0.3, 0.4) is 0 Å². The van der Waals surface area contributed by atoms with Gasteiger partial charge < -0.3 is 4.90 Å². The van der Waals surface area contributed by atoms with E-state index in [-0.39, 0.29) is 6.54 Å². The van der Waals surface area contributed by atoms with E-state index in [4.69, 9.17) is 11.6 Å². The lowest BCUT2D eigenvalue weighted by molar-refractivity contribution is -0.387. The molecule has 0 aliphatic rings. The van der Waals surface area contributed by atoms with Crippen molar-refractivity contribution in [1.82, 2.24) is 4.90 Å². The first-order valence-corrected chi connectivity index (χ1v) is 5.71. The maximum Gasteiger partial charge on any atom is 0.305 e. The minimum atomic E-state index is -1.48. The Labute approximate surface area is 112 Å². The van der Waals surface area contributed by atoms with Crippen LogP contribution in [-0.4, -0.2) is 34.7 Å². The zero-order valence-electron chi connectivity index (χ0n) is 10.2. The summed E-state index contributed by atoms with van der Waals surface area (Å²) >= 11 is 5.68. The molecule has 1 atom stereocenters. The smallest absolute Gasteiger partial charge is 0.305 e. The molecule has 0 N–H and O–H groups in total. The molecular weight excluding hydrogens is 282 g/mol. The van der Waals surface area contributed by atoms with Gasteiger partial charge in [-0.3, -0.25) is 14.9 Å². The average Bonchev–Trinajstić information content (AvgIpc) is 2.27. The standard InChI is InChI=1S/C11H11ClF2N2O3/c1-6(12)5-15(2)11(17)9-7(13)3-4-8(10(9)14)16(18)19/h3-4,6H,5H2,1-2H3. The van der Waals surface area contributed by atoms with E-state index >= 15 is 0 Å². The summed E-state index contributed by atoms with van der Waals surface area (Å²) in [4.78, 5) is 22.4. The van der Waals surface area contributed by atoms with Crippen molar-refractivity contribution in [3.63, 3.8) is 0 Å². The quantitative estimate of drug-likeness (QED) is 0.487. The van der Waals surface area contributed by atoms with Gasteiger partial charge in [-0.1, -0.05) is 0 Å². The van der Waals surface area contributed by atoms with E-state index < -0.39 is 39.1 Å². The van der Waals surface area contributed by atoms with Crippen LogP contribution in [0.5, 0.6) is 0 Å². The number of nitro groups is 1. The Morgan fingerprint density at radius 2 is 2.11 bits per heavy atom. The summed E-state index contributed by atoms with van der Waals surface area (Å²) in [5.41, 5.74) is -1.90. The molecule has 8 heteroatoms. The maximum atomic E-state index is 13.8. The Bertz CT molecular complexity index is 523. The molecule has 104 valence electrons. The van der Waals surface area contributed by atoms with Crippen molar-refractivity contribution in [2.24, 2.45) is 0 Å². The number of amides is 1. The number of halogens is 3. The molecule has 0 saturated carbocycles. The van der Waals surface area contributed by atoms with Crippen molar-refractivity contribution < 1.29 is 18.5 Å². The van der Waals surface area contributed by atoms with Crippen LogP contribution in [0.1, 0.15) is 17.3 Å². The highest BCUT2D eigenvalue weighted by molar-refractivity contribution is 6.20. The summed E-state index contributed by atoms with van der Waals surface area (Å²) in [5.74, 6) is -3.63. The van der Waals surface area contributed by atoms with Gasteiger partial charge in [-0.2, -0.15) is 4.39 Å². The molecule has 0 spiro atoms. The zero-order valence-corrected chi connectivity index (χ0v) is 10.9. The normalized spacial score (nSPS) is 12.1. The van der Waals surface area contributed by atoms with E-state index in [9.17, 15) is 23.7 Å². The predicted octanol–water partition coefficient (Wildman–Crippen LogP) is 2.57. The van der Waals surface area contributed by atoms with Gasteiger partial charge in [-0.25, -0.2) is 4.39 Å². The van der Waals surface area contributed by atoms with Crippen molar-refractivity contribution in [2.45, 2.75) is 12.3 Å². The van der Waals surface area contributed by atoms with Crippen molar-refractivity contribution in [2.75, 3.05) is 13.6 Å². The zero-order chi connectivity index (χ0) is 14.7. The number of hydrogen-bond acceptors (Lipinski definition) is 3. The first-order valence-electron chi connectivity index (χ1n) is 5.27. The van der Waals surface area contributed by atoms with Gasteiger partial charge in [0.25, 0.3) is 5.91 Å². The van der Waals surface area contributed by atoms with Crippen LogP contribution < -0.4 is 0 Å². The van der Waals surface area contributed by atoms with Crippen molar-refractivity contribution in [3.05, 3.63) is 39.4 Å². The fraction of sp³-hybridized carbons (Fsp3) is 0.364. The van der Waals surface area contributed by atoms with Gasteiger partial charge in [-0.15, -0.1) is 11.6 Å². The molecule has 19 heavy (non-hydrogen) atoms. The third kappa shape index (κ3) is 3.37. The number of nitro benzene ring substituents is 1. The topological polar surface area (TPSA) is 63.5 Å². The summed E-state index contributed by atoms with van der Waals surface area (Å²) < 4.78 is 27.3. The van der Waals surface area contributed by atoms with E-state index in [1.807, 2.05) is 0 Å². The summed E-state index contributed by atoms with van der Waals surface area (Å²) in [7, 11) is 1.30. The summed E-state index contributed by atoms with van der Waals surface area (Å²) in [6.07, 6.45) is 0. The Morgan fingerprint density at radius 1 is 1.53 bits per heavy atom. The summed E-state index contributed by atoms with van der Waals surface area (Å²) in [6.45, 7) is 1.66. The molecule has 1 aromatic carbocycles. The second kappa shape index (κ2) is 5.92. The second-order valence-electron chi connectivity index (χ2n) is 3.98. The molecule has 0 aliphatic carbocycles. The first-order chi connectivity index (χ1) is 8.75. The molecule has 5 nitrogen and oxygen atoms in total. The van der Waals surface area contributed by atoms with Crippen LogP contribution in [0.15, 0.2) is 12.1 Å². The van der Waals surface area contributed by atoms with Crippen LogP contribution in [-0.2, 0) is 0 Å². The maximum absolute atomic E-state index is 13.8. The Kier molecular flexibility index (Phi) is 4.77. The molecule has 0 heterocycles. The van der Waals surface area contributed by atoms with Crippen molar-refractivity contribution in [3.8, 4) is 0 Å². The molecule has 0 fully saturated rings. The van der Waals surface area contributed by atoms with Gasteiger partial charge in [0.1, 0.15) is 11.4 Å². The van der Waals surface area contributed by atoms with Gasteiger partial charge in [0, 0.05) is 25.0 Å². The second-order valence-corrected chi connectivity index (χ2v) is 4.72. The average molecular weight is 293 g/mol. The van der Waals surface area contributed by atoms with E-state index in [1.54, 1.807) is 6.92 Å². The van der Waals surface area contributed by atoms with Crippen LogP contribution in [0.2, 0.25) is 0 Å².